The van der Waals surface area contributed by atoms with E-state index < -0.39 is 0 Å². The van der Waals surface area contributed by atoms with Crippen molar-refractivity contribution in [3.05, 3.63) is 0 Å². The molecule has 5 nitrogen and oxygen atoms in total. The summed E-state index contributed by atoms with van der Waals surface area (Å²) >= 11 is 0. The van der Waals surface area contributed by atoms with Gasteiger partial charge in [-0.3, -0.25) is 14.6 Å². The van der Waals surface area contributed by atoms with Crippen molar-refractivity contribution in [3.8, 4) is 0 Å². The maximum atomic E-state index is 12.1. The first kappa shape index (κ1) is 22.0. The Balaban J connectivity index is 0.00000144. The average Bonchev–Trinajstić information content (AvgIpc) is 3.35. The number of nitrogens with zero attached hydrogens (tertiary/aromatic N) is 2. The number of aliphatic hydroxyl groups is 1. The standard InChI is InChI=1S/C17H31N3O2.2ClH/c21-16(14-6-7-14)12-19-8-10-20(11-9-19)13-17(22)18-15-4-2-1-3-5-15;;/h14-16,21H,1-13H2,(H,18,22);2*1H. The Morgan fingerprint density at radius 1 is 0.958 bits per heavy atom. The van der Waals surface area contributed by atoms with Crippen LogP contribution in [0.3, 0.4) is 0 Å². The van der Waals surface area contributed by atoms with E-state index in [1.54, 1.807) is 0 Å². The number of amides is 1. The van der Waals surface area contributed by atoms with Crippen LogP contribution in [0.2, 0.25) is 0 Å². The van der Waals surface area contributed by atoms with E-state index in [0.717, 1.165) is 45.6 Å². The molecule has 0 radical (unpaired) electrons. The number of hydrogen-bond donors (Lipinski definition) is 2. The molecule has 1 saturated heterocycles. The Morgan fingerprint density at radius 2 is 1.54 bits per heavy atom. The van der Waals surface area contributed by atoms with Crippen LogP contribution in [0.25, 0.3) is 0 Å². The first-order valence-electron chi connectivity index (χ1n) is 9.13. The van der Waals surface area contributed by atoms with Crippen molar-refractivity contribution in [2.75, 3.05) is 39.3 Å². The highest BCUT2D eigenvalue weighted by molar-refractivity contribution is 5.85. The Hall–Kier alpha value is -0.0700. The normalized spacial score (nSPS) is 24.5. The van der Waals surface area contributed by atoms with E-state index in [1.807, 2.05) is 0 Å². The maximum absolute atomic E-state index is 12.1. The molecule has 3 rings (SSSR count). The zero-order valence-electron chi connectivity index (χ0n) is 14.5. The SMILES string of the molecule is Cl.Cl.O=C(CN1CCN(CC(O)C2CC2)CC1)NC1CCCCC1. The van der Waals surface area contributed by atoms with Gasteiger partial charge in [-0.05, 0) is 31.6 Å². The molecule has 0 spiro atoms. The quantitative estimate of drug-likeness (QED) is 0.734. The number of β-amino-alcohol motifs (C(OH)–C–C–N with tert-alkyl or cyclic N) is 1. The molecule has 3 aliphatic rings. The predicted molar refractivity (Wildman–Crippen MR) is 101 cm³/mol. The molecule has 1 heterocycles. The third kappa shape index (κ3) is 7.04. The molecule has 2 aliphatic carbocycles. The number of nitrogens with one attached hydrogen (secondary N) is 1. The summed E-state index contributed by atoms with van der Waals surface area (Å²) in [6.45, 7) is 5.17. The average molecular weight is 382 g/mol. The third-order valence-electron chi connectivity index (χ3n) is 5.41. The van der Waals surface area contributed by atoms with Gasteiger partial charge in [-0.1, -0.05) is 19.3 Å². The molecule has 7 heteroatoms. The van der Waals surface area contributed by atoms with Crippen molar-refractivity contribution in [2.45, 2.75) is 57.1 Å². The lowest BCUT2D eigenvalue weighted by Gasteiger charge is -2.35. The minimum atomic E-state index is -0.138. The van der Waals surface area contributed by atoms with Crippen LogP contribution in [-0.4, -0.2) is 72.2 Å². The lowest BCUT2D eigenvalue weighted by molar-refractivity contribution is -0.123. The second-order valence-corrected chi connectivity index (χ2v) is 7.38. The summed E-state index contributed by atoms with van der Waals surface area (Å²) in [5.41, 5.74) is 0. The van der Waals surface area contributed by atoms with Gasteiger partial charge in [0.15, 0.2) is 0 Å². The van der Waals surface area contributed by atoms with Crippen molar-refractivity contribution < 1.29 is 9.90 Å². The van der Waals surface area contributed by atoms with Crippen molar-refractivity contribution in [2.24, 2.45) is 5.92 Å². The van der Waals surface area contributed by atoms with E-state index in [4.69, 9.17) is 0 Å². The van der Waals surface area contributed by atoms with Crippen molar-refractivity contribution in [1.29, 1.82) is 0 Å². The van der Waals surface area contributed by atoms with Crippen LogP contribution < -0.4 is 5.32 Å². The van der Waals surface area contributed by atoms with Crippen LogP contribution in [0.15, 0.2) is 0 Å². The molecule has 0 aromatic rings. The summed E-state index contributed by atoms with van der Waals surface area (Å²) in [6.07, 6.45) is 8.39. The van der Waals surface area contributed by atoms with Gasteiger partial charge in [-0.25, -0.2) is 0 Å². The first-order valence-corrected chi connectivity index (χ1v) is 9.13. The summed E-state index contributed by atoms with van der Waals surface area (Å²) in [5, 5.41) is 13.2. The van der Waals surface area contributed by atoms with Crippen LogP contribution in [0.1, 0.15) is 44.9 Å². The summed E-state index contributed by atoms with van der Waals surface area (Å²) in [4.78, 5) is 16.7. The fraction of sp³-hybridized carbons (Fsp3) is 0.941. The minimum absolute atomic E-state index is 0. The minimum Gasteiger partial charge on any atom is -0.392 e. The summed E-state index contributed by atoms with van der Waals surface area (Å²) < 4.78 is 0. The number of carbonyl (C=O) groups excluding carboxylic acids is 1. The van der Waals surface area contributed by atoms with E-state index in [2.05, 4.69) is 15.1 Å². The van der Waals surface area contributed by atoms with Gasteiger partial charge >= 0.3 is 0 Å². The van der Waals surface area contributed by atoms with Crippen LogP contribution in [0.5, 0.6) is 0 Å². The van der Waals surface area contributed by atoms with Crippen molar-refractivity contribution in [3.63, 3.8) is 0 Å². The van der Waals surface area contributed by atoms with Crippen LogP contribution in [-0.2, 0) is 4.79 Å². The lowest BCUT2D eigenvalue weighted by atomic mass is 9.95. The maximum Gasteiger partial charge on any atom is 0.234 e. The smallest absolute Gasteiger partial charge is 0.234 e. The number of hydrogen-bond acceptors (Lipinski definition) is 4. The van der Waals surface area contributed by atoms with Gasteiger partial charge in [-0.15, -0.1) is 24.8 Å². The number of rotatable bonds is 6. The Morgan fingerprint density at radius 3 is 2.12 bits per heavy atom. The lowest BCUT2D eigenvalue weighted by Crippen LogP contribution is -2.52. The van der Waals surface area contributed by atoms with E-state index in [9.17, 15) is 9.90 Å². The molecular weight excluding hydrogens is 349 g/mol. The Bertz CT molecular complexity index is 369. The van der Waals surface area contributed by atoms with E-state index in [0.29, 0.717) is 18.5 Å². The van der Waals surface area contributed by atoms with Crippen molar-refractivity contribution >= 4 is 30.7 Å². The van der Waals surface area contributed by atoms with E-state index in [-0.39, 0.29) is 36.8 Å². The van der Waals surface area contributed by atoms with Gasteiger partial charge in [0.25, 0.3) is 0 Å². The number of carbonyl (C=O) groups is 1. The molecular formula is C17H33Cl2N3O2. The predicted octanol–water partition coefficient (Wildman–Crippen LogP) is 1.67. The summed E-state index contributed by atoms with van der Waals surface area (Å²) in [7, 11) is 0. The molecule has 3 fully saturated rings. The monoisotopic (exact) mass is 381 g/mol. The van der Waals surface area contributed by atoms with Gasteiger partial charge in [-0.2, -0.15) is 0 Å². The highest BCUT2D eigenvalue weighted by Crippen LogP contribution is 2.32. The molecule has 0 bridgehead atoms. The van der Waals surface area contributed by atoms with Crippen molar-refractivity contribution in [1.82, 2.24) is 15.1 Å². The van der Waals surface area contributed by atoms with E-state index >= 15 is 0 Å². The van der Waals surface area contributed by atoms with E-state index in [1.165, 1.54) is 32.1 Å². The molecule has 142 valence electrons. The van der Waals surface area contributed by atoms with Crippen LogP contribution in [0, 0.1) is 5.92 Å². The highest BCUT2D eigenvalue weighted by atomic mass is 35.5. The zero-order chi connectivity index (χ0) is 15.4. The fourth-order valence-electron chi connectivity index (χ4n) is 3.75. The third-order valence-corrected chi connectivity index (χ3v) is 5.41. The van der Waals surface area contributed by atoms with Gasteiger partial charge in [0, 0.05) is 38.8 Å². The van der Waals surface area contributed by atoms with Crippen LogP contribution >= 0.6 is 24.8 Å². The van der Waals surface area contributed by atoms with Gasteiger partial charge in [0.1, 0.15) is 0 Å². The zero-order valence-corrected chi connectivity index (χ0v) is 16.1. The number of piperazine rings is 1. The number of aliphatic hydroxyl groups excluding tert-OH is 1. The van der Waals surface area contributed by atoms with Gasteiger partial charge in [0.2, 0.25) is 5.91 Å². The largest absolute Gasteiger partial charge is 0.392 e. The number of halogens is 2. The molecule has 1 unspecified atom stereocenters. The van der Waals surface area contributed by atoms with Crippen LogP contribution in [0.4, 0.5) is 0 Å². The first-order chi connectivity index (χ1) is 10.7. The molecule has 1 atom stereocenters. The fourth-order valence-corrected chi connectivity index (χ4v) is 3.75. The Kier molecular flexibility index (Phi) is 9.90. The summed E-state index contributed by atoms with van der Waals surface area (Å²) in [6, 6.07) is 0.413. The van der Waals surface area contributed by atoms with Gasteiger partial charge < -0.3 is 10.4 Å². The molecule has 2 saturated carbocycles. The molecule has 24 heavy (non-hydrogen) atoms. The Labute approximate surface area is 158 Å². The topological polar surface area (TPSA) is 55.8 Å². The molecule has 2 N–H and O–H groups in total. The molecule has 0 aromatic carbocycles. The second-order valence-electron chi connectivity index (χ2n) is 7.38. The molecule has 0 aromatic heterocycles. The van der Waals surface area contributed by atoms with Gasteiger partial charge in [0.05, 0.1) is 12.6 Å². The highest BCUT2D eigenvalue weighted by Gasteiger charge is 2.31. The molecule has 1 amide bonds. The second kappa shape index (κ2) is 10.8. The molecule has 1 aliphatic heterocycles. The summed E-state index contributed by atoms with van der Waals surface area (Å²) in [5.74, 6) is 0.748.